The molecule has 2 heterocycles. The Kier molecular flexibility index (Phi) is 8.20. The molecule has 0 radical (unpaired) electrons. The van der Waals surface area contributed by atoms with Crippen molar-refractivity contribution < 1.29 is 0 Å². The molecule has 2 aliphatic heterocycles. The zero-order valence-electron chi connectivity index (χ0n) is 35.4. The molecule has 10 aromatic rings. The monoisotopic (exact) mass is 798 g/mol. The fourth-order valence-electron chi connectivity index (χ4n) is 10.2. The number of rotatable bonds is 5. The van der Waals surface area contributed by atoms with E-state index in [9.17, 15) is 0 Å². The van der Waals surface area contributed by atoms with Crippen LogP contribution >= 0.6 is 0 Å². The molecule has 0 bridgehead atoms. The van der Waals surface area contributed by atoms with Gasteiger partial charge in [0.15, 0.2) is 12.3 Å². The molecule has 0 atom stereocenters. The summed E-state index contributed by atoms with van der Waals surface area (Å²) in [6.07, 6.45) is -0.529. The fourth-order valence-corrected chi connectivity index (χ4v) is 10.2. The third kappa shape index (κ3) is 5.67. The smallest absolute Gasteiger partial charge is 0.151 e. The van der Waals surface area contributed by atoms with Gasteiger partial charge in [-0.25, -0.2) is 0 Å². The van der Waals surface area contributed by atoms with Gasteiger partial charge in [0.2, 0.25) is 0 Å². The van der Waals surface area contributed by atoms with Gasteiger partial charge in [0.05, 0.1) is 22.7 Å². The third-order valence-corrected chi connectivity index (χ3v) is 13.6. The second-order valence-corrected chi connectivity index (χ2v) is 17.3. The van der Waals surface area contributed by atoms with E-state index in [1.54, 1.807) is 0 Å². The van der Waals surface area contributed by atoms with Crippen LogP contribution in [-0.2, 0) is 0 Å². The van der Waals surface area contributed by atoms with Crippen LogP contribution in [0, 0.1) is 27.7 Å². The molecule has 62 heavy (non-hydrogen) atoms. The molecule has 4 nitrogen and oxygen atoms in total. The van der Waals surface area contributed by atoms with Crippen molar-refractivity contribution in [3.8, 4) is 0 Å². The van der Waals surface area contributed by atoms with E-state index in [4.69, 9.17) is 0 Å². The Morgan fingerprint density at radius 3 is 0.677 bits per heavy atom. The largest absolute Gasteiger partial charge is 0.314 e. The van der Waals surface area contributed by atoms with Crippen molar-refractivity contribution in [2.75, 3.05) is 19.6 Å². The topological polar surface area (TPSA) is 13.0 Å². The van der Waals surface area contributed by atoms with Gasteiger partial charge >= 0.3 is 0 Å². The van der Waals surface area contributed by atoms with Crippen LogP contribution < -0.4 is 19.6 Å². The first kappa shape index (κ1) is 36.3. The van der Waals surface area contributed by atoms with Crippen molar-refractivity contribution in [2.24, 2.45) is 0 Å². The molecule has 0 spiro atoms. The number of benzene rings is 10. The molecule has 0 amide bonds. The van der Waals surface area contributed by atoms with E-state index < -0.39 is 0 Å². The molecule has 4 heteroatoms. The van der Waals surface area contributed by atoms with Gasteiger partial charge in [0.25, 0.3) is 0 Å². The van der Waals surface area contributed by atoms with E-state index in [1.165, 1.54) is 88.1 Å². The van der Waals surface area contributed by atoms with Gasteiger partial charge in [0.1, 0.15) is 0 Å². The van der Waals surface area contributed by atoms with Crippen LogP contribution in [0.25, 0.3) is 43.1 Å². The molecule has 0 aromatic heterocycles. The molecule has 0 saturated heterocycles. The average molecular weight is 799 g/mol. The first-order valence-corrected chi connectivity index (χ1v) is 21.7. The molecule has 298 valence electrons. The number of nitrogens with zero attached hydrogens (tertiary/aromatic N) is 4. The van der Waals surface area contributed by atoms with Crippen molar-refractivity contribution in [1.29, 1.82) is 0 Å². The summed E-state index contributed by atoms with van der Waals surface area (Å²) in [6, 6.07) is 72.7. The van der Waals surface area contributed by atoms with Crippen molar-refractivity contribution in [3.05, 3.63) is 216 Å². The van der Waals surface area contributed by atoms with Crippen molar-refractivity contribution in [3.63, 3.8) is 0 Å². The first-order valence-electron chi connectivity index (χ1n) is 21.7. The number of anilines is 8. The second-order valence-electron chi connectivity index (χ2n) is 17.3. The summed E-state index contributed by atoms with van der Waals surface area (Å²) in [6.45, 7) is 9.01. The molecular weight excluding hydrogens is 753 g/mol. The number of hydrogen-bond donors (Lipinski definition) is 0. The fraction of sp³-hybridized carbons (Fsp3) is 0.103. The summed E-state index contributed by atoms with van der Waals surface area (Å²) in [5, 5.41) is 9.80. The zero-order chi connectivity index (χ0) is 41.6. The van der Waals surface area contributed by atoms with E-state index in [1.807, 2.05) is 0 Å². The lowest BCUT2D eigenvalue weighted by molar-refractivity contribution is 0.550. The van der Waals surface area contributed by atoms with Gasteiger partial charge in [-0.1, -0.05) is 121 Å². The standard InChI is InChI=1S/C58H46N4/c1-37-29-53-54(30-38(37)2)60(50-26-22-42-14-6-10-18-46(42)34-50)57(59(53)49-25-21-41-13-5-9-17-45(41)33-49)58-61(51-27-23-43-15-7-11-19-47(43)35-51)55-31-39(3)40(4)32-56(55)62(58)52-28-24-44-16-8-12-20-48(44)36-52/h5-36,57-58H,1-4H3. The number of aryl methyl sites for hydroxylation is 4. The predicted molar refractivity (Wildman–Crippen MR) is 264 cm³/mol. The molecule has 0 unspecified atom stereocenters. The Hall–Kier alpha value is -7.56. The van der Waals surface area contributed by atoms with Crippen LogP contribution in [0.2, 0.25) is 0 Å². The SMILES string of the molecule is Cc1cc2c(cc1C)N(c1ccc3ccccc3c1)C(C1N(c3ccc4ccccc4c3)c3cc(C)c(C)cc3N1c1ccc3ccccc3c1)N2c1ccc2ccccc2c1. The van der Waals surface area contributed by atoms with Gasteiger partial charge in [-0.05, 0) is 166 Å². The van der Waals surface area contributed by atoms with Gasteiger partial charge in [-0.3, -0.25) is 0 Å². The van der Waals surface area contributed by atoms with Crippen LogP contribution in [-0.4, -0.2) is 12.3 Å². The van der Waals surface area contributed by atoms with Crippen molar-refractivity contribution >= 4 is 88.6 Å². The number of fused-ring (bicyclic) bond motifs is 6. The Balaban J connectivity index is 1.20. The molecule has 10 aromatic carbocycles. The van der Waals surface area contributed by atoms with Crippen molar-refractivity contribution in [2.45, 2.75) is 40.0 Å². The highest BCUT2D eigenvalue weighted by atomic mass is 15.5. The Morgan fingerprint density at radius 1 is 0.242 bits per heavy atom. The van der Waals surface area contributed by atoms with Crippen LogP contribution in [0.4, 0.5) is 45.5 Å². The minimum atomic E-state index is -0.264. The zero-order valence-corrected chi connectivity index (χ0v) is 35.4. The molecular formula is C58H46N4. The van der Waals surface area contributed by atoms with E-state index >= 15 is 0 Å². The molecule has 0 saturated carbocycles. The Labute approximate surface area is 363 Å². The average Bonchev–Trinajstić information content (AvgIpc) is 3.80. The maximum Gasteiger partial charge on any atom is 0.151 e. The summed E-state index contributed by atoms with van der Waals surface area (Å²) >= 11 is 0. The predicted octanol–water partition coefficient (Wildman–Crippen LogP) is 15.5. The molecule has 0 fully saturated rings. The van der Waals surface area contributed by atoms with Gasteiger partial charge in [-0.2, -0.15) is 0 Å². The Morgan fingerprint density at radius 2 is 0.452 bits per heavy atom. The van der Waals surface area contributed by atoms with E-state index in [-0.39, 0.29) is 12.3 Å². The van der Waals surface area contributed by atoms with Crippen LogP contribution in [0.1, 0.15) is 22.3 Å². The summed E-state index contributed by atoms with van der Waals surface area (Å²) in [5.41, 5.74) is 14.5. The van der Waals surface area contributed by atoms with E-state index in [0.717, 1.165) is 22.7 Å². The third-order valence-electron chi connectivity index (χ3n) is 13.6. The quantitative estimate of drug-likeness (QED) is 0.172. The van der Waals surface area contributed by atoms with E-state index in [0.29, 0.717) is 0 Å². The highest BCUT2D eigenvalue weighted by Crippen LogP contribution is 2.57. The lowest BCUT2D eigenvalue weighted by atomic mass is 10.1. The number of hydrogen-bond acceptors (Lipinski definition) is 4. The van der Waals surface area contributed by atoms with Crippen LogP contribution in [0.5, 0.6) is 0 Å². The second kappa shape index (κ2) is 14.0. The summed E-state index contributed by atoms with van der Waals surface area (Å²) in [5.74, 6) is 0. The molecule has 0 N–H and O–H groups in total. The van der Waals surface area contributed by atoms with Gasteiger partial charge < -0.3 is 19.6 Å². The Bertz CT molecular complexity index is 2970. The highest BCUT2D eigenvalue weighted by Gasteiger charge is 2.52. The maximum atomic E-state index is 2.64. The van der Waals surface area contributed by atoms with E-state index in [2.05, 4.69) is 241 Å². The molecule has 2 aliphatic rings. The van der Waals surface area contributed by atoms with Crippen LogP contribution in [0.3, 0.4) is 0 Å². The lowest BCUT2D eigenvalue weighted by Crippen LogP contribution is -2.58. The van der Waals surface area contributed by atoms with Gasteiger partial charge in [0, 0.05) is 22.7 Å². The maximum absolute atomic E-state index is 2.64. The normalized spacial score (nSPS) is 14.2. The first-order chi connectivity index (χ1) is 30.4. The van der Waals surface area contributed by atoms with Gasteiger partial charge in [-0.15, -0.1) is 0 Å². The molecule has 0 aliphatic carbocycles. The lowest BCUT2D eigenvalue weighted by Gasteiger charge is -2.44. The van der Waals surface area contributed by atoms with Crippen LogP contribution in [0.15, 0.2) is 194 Å². The summed E-state index contributed by atoms with van der Waals surface area (Å²) in [7, 11) is 0. The minimum absolute atomic E-state index is 0.264. The highest BCUT2D eigenvalue weighted by molar-refractivity contribution is 6.00. The van der Waals surface area contributed by atoms with Crippen molar-refractivity contribution in [1.82, 2.24) is 0 Å². The summed E-state index contributed by atoms with van der Waals surface area (Å²) in [4.78, 5) is 10.6. The molecule has 12 rings (SSSR count). The minimum Gasteiger partial charge on any atom is -0.314 e. The summed E-state index contributed by atoms with van der Waals surface area (Å²) < 4.78 is 0.